The number of hydrogen-bond acceptors (Lipinski definition) is 8. The monoisotopic (exact) mass is 500 g/mol. The summed E-state index contributed by atoms with van der Waals surface area (Å²) in [6.45, 7) is 5.93. The maximum Gasteiger partial charge on any atom is 0.306 e. The summed E-state index contributed by atoms with van der Waals surface area (Å²) in [4.78, 5) is 45.4. The predicted octanol–water partition coefficient (Wildman–Crippen LogP) is 5.83. The van der Waals surface area contributed by atoms with Crippen LogP contribution < -0.4 is 0 Å². The smallest absolute Gasteiger partial charge is 0.306 e. The zero-order valence-electron chi connectivity index (χ0n) is 22.4. The number of rotatable bonds is 22. The molecule has 0 saturated carbocycles. The normalized spacial score (nSPS) is 11.7. The van der Waals surface area contributed by atoms with Gasteiger partial charge in [-0.05, 0) is 32.1 Å². The summed E-state index contributed by atoms with van der Waals surface area (Å²) < 4.78 is 20.5. The van der Waals surface area contributed by atoms with Crippen LogP contribution in [0.5, 0.6) is 0 Å². The Balaban J connectivity index is 4.01. The predicted molar refractivity (Wildman–Crippen MR) is 134 cm³/mol. The first-order chi connectivity index (χ1) is 16.7. The number of carbonyl (C=O) groups is 4. The van der Waals surface area contributed by atoms with Crippen LogP contribution in [0.4, 0.5) is 0 Å². The van der Waals surface area contributed by atoms with E-state index in [1.54, 1.807) is 0 Å². The number of carbonyl (C=O) groups excluding carboxylic acids is 4. The molecule has 8 heteroatoms. The van der Waals surface area contributed by atoms with Gasteiger partial charge in [0.25, 0.3) is 0 Å². The quantitative estimate of drug-likeness (QED) is 0.104. The van der Waals surface area contributed by atoms with Gasteiger partial charge in [0.2, 0.25) is 0 Å². The largest absolute Gasteiger partial charge is 0.463 e. The van der Waals surface area contributed by atoms with Crippen LogP contribution in [-0.2, 0) is 38.1 Å². The van der Waals surface area contributed by atoms with Crippen molar-refractivity contribution in [1.29, 1.82) is 0 Å². The minimum absolute atomic E-state index is 0.00416. The number of hydrogen-bond donors (Lipinski definition) is 0. The summed E-state index contributed by atoms with van der Waals surface area (Å²) in [5.74, 6) is -1.60. The molecule has 35 heavy (non-hydrogen) atoms. The number of unbranched alkanes of at least 4 members (excludes halogenated alkanes) is 10. The summed E-state index contributed by atoms with van der Waals surface area (Å²) in [6.07, 6.45) is 14.6. The highest BCUT2D eigenvalue weighted by Gasteiger charge is 2.18. The van der Waals surface area contributed by atoms with Crippen molar-refractivity contribution in [3.05, 3.63) is 0 Å². The lowest BCUT2D eigenvalue weighted by Gasteiger charge is -2.17. The number of ether oxygens (including phenoxy) is 4. The highest BCUT2D eigenvalue weighted by atomic mass is 16.6. The Morgan fingerprint density at radius 1 is 0.543 bits per heavy atom. The Labute approximate surface area is 211 Å². The molecule has 0 fully saturated rings. The first-order valence-corrected chi connectivity index (χ1v) is 13.4. The molecule has 0 aromatic rings. The third-order valence-corrected chi connectivity index (χ3v) is 5.61. The fourth-order valence-electron chi connectivity index (χ4n) is 3.78. The molecule has 0 radical (unpaired) electrons. The minimum Gasteiger partial charge on any atom is -0.463 e. The molecule has 0 rings (SSSR count). The van der Waals surface area contributed by atoms with Crippen LogP contribution in [-0.4, -0.2) is 49.3 Å². The van der Waals surface area contributed by atoms with Gasteiger partial charge in [-0.1, -0.05) is 64.7 Å². The van der Waals surface area contributed by atoms with Crippen LogP contribution in [0.3, 0.4) is 0 Å². The highest BCUT2D eigenvalue weighted by Crippen LogP contribution is 2.17. The van der Waals surface area contributed by atoms with Gasteiger partial charge in [-0.2, -0.15) is 0 Å². The van der Waals surface area contributed by atoms with Crippen LogP contribution in [0.2, 0.25) is 0 Å². The van der Waals surface area contributed by atoms with Gasteiger partial charge < -0.3 is 18.9 Å². The van der Waals surface area contributed by atoms with E-state index in [4.69, 9.17) is 18.9 Å². The molecule has 0 aromatic heterocycles. The first-order valence-electron chi connectivity index (χ1n) is 13.4. The zero-order valence-corrected chi connectivity index (χ0v) is 22.4. The molecule has 1 atom stereocenters. The summed E-state index contributed by atoms with van der Waals surface area (Å²) in [6, 6.07) is 0. The summed E-state index contributed by atoms with van der Waals surface area (Å²) in [5, 5.41) is 0. The van der Waals surface area contributed by atoms with E-state index in [9.17, 15) is 19.2 Å². The Kier molecular flexibility index (Phi) is 21.0. The zero-order chi connectivity index (χ0) is 26.3. The Hall–Kier alpha value is -2.12. The third-order valence-electron chi connectivity index (χ3n) is 5.61. The molecule has 204 valence electrons. The van der Waals surface area contributed by atoms with Crippen molar-refractivity contribution < 1.29 is 38.1 Å². The van der Waals surface area contributed by atoms with Crippen molar-refractivity contribution in [1.82, 2.24) is 0 Å². The lowest BCUT2D eigenvalue weighted by Crippen LogP contribution is -2.30. The van der Waals surface area contributed by atoms with Crippen molar-refractivity contribution in [2.24, 2.45) is 0 Å². The molecule has 0 aromatic carbocycles. The van der Waals surface area contributed by atoms with Gasteiger partial charge in [0, 0.05) is 27.2 Å². The van der Waals surface area contributed by atoms with Crippen molar-refractivity contribution in [2.45, 2.75) is 136 Å². The van der Waals surface area contributed by atoms with Crippen LogP contribution in [0.25, 0.3) is 0 Å². The minimum atomic E-state index is -0.801. The van der Waals surface area contributed by atoms with E-state index in [1.165, 1.54) is 59.3 Å². The molecule has 0 aliphatic rings. The fraction of sp³-hybridized carbons (Fsp3) is 0.852. The fourth-order valence-corrected chi connectivity index (χ4v) is 3.78. The molecule has 1 unspecified atom stereocenters. The average Bonchev–Trinajstić information content (AvgIpc) is 2.78. The average molecular weight is 501 g/mol. The lowest BCUT2D eigenvalue weighted by molar-refractivity contribution is -0.165. The Morgan fingerprint density at radius 3 is 1.46 bits per heavy atom. The molecule has 0 spiro atoms. The molecule has 0 N–H and O–H groups in total. The van der Waals surface area contributed by atoms with Gasteiger partial charge in [0.05, 0.1) is 0 Å². The highest BCUT2D eigenvalue weighted by molar-refractivity contribution is 5.70. The molecule has 0 bridgehead atoms. The summed E-state index contributed by atoms with van der Waals surface area (Å²) in [5.41, 5.74) is 0. The number of esters is 4. The summed E-state index contributed by atoms with van der Waals surface area (Å²) >= 11 is 0. The molecule has 0 heterocycles. The van der Waals surface area contributed by atoms with Crippen molar-refractivity contribution in [3.63, 3.8) is 0 Å². The standard InChI is InChI=1S/C27H48O8/c1-5-6-7-8-9-11-14-17-25(34-24(4)30)18-15-12-10-13-16-19-27(31)35-26(20-32-22(2)28)21-33-23(3)29/h25-26H,5-21H2,1-4H3. The van der Waals surface area contributed by atoms with E-state index in [-0.39, 0.29) is 31.7 Å². The van der Waals surface area contributed by atoms with Crippen molar-refractivity contribution in [3.8, 4) is 0 Å². The molecular weight excluding hydrogens is 452 g/mol. The van der Waals surface area contributed by atoms with Gasteiger partial charge in [-0.25, -0.2) is 0 Å². The SMILES string of the molecule is CCCCCCCCCC(CCCCCCCC(=O)OC(COC(C)=O)COC(C)=O)OC(C)=O. The molecule has 0 aliphatic carbocycles. The maximum atomic E-state index is 12.1. The molecule has 0 saturated heterocycles. The molecule has 0 aliphatic heterocycles. The first kappa shape index (κ1) is 32.9. The Bertz CT molecular complexity index is 572. The maximum absolute atomic E-state index is 12.1. The second-order valence-electron chi connectivity index (χ2n) is 9.16. The van der Waals surface area contributed by atoms with Gasteiger partial charge in [-0.15, -0.1) is 0 Å². The van der Waals surface area contributed by atoms with Crippen LogP contribution in [0.1, 0.15) is 124 Å². The second-order valence-corrected chi connectivity index (χ2v) is 9.16. The van der Waals surface area contributed by atoms with Crippen LogP contribution in [0, 0.1) is 0 Å². The van der Waals surface area contributed by atoms with Gasteiger partial charge in [0.1, 0.15) is 19.3 Å². The van der Waals surface area contributed by atoms with Gasteiger partial charge in [0.15, 0.2) is 6.10 Å². The molecule has 8 nitrogen and oxygen atoms in total. The van der Waals surface area contributed by atoms with E-state index in [0.717, 1.165) is 44.9 Å². The van der Waals surface area contributed by atoms with Crippen molar-refractivity contribution in [2.75, 3.05) is 13.2 Å². The van der Waals surface area contributed by atoms with E-state index >= 15 is 0 Å². The van der Waals surface area contributed by atoms with Gasteiger partial charge in [-0.3, -0.25) is 19.2 Å². The third kappa shape index (κ3) is 23.4. The van der Waals surface area contributed by atoms with Crippen LogP contribution in [0.15, 0.2) is 0 Å². The van der Waals surface area contributed by atoms with E-state index in [2.05, 4.69) is 6.92 Å². The second kappa shape index (κ2) is 22.4. The van der Waals surface area contributed by atoms with E-state index in [1.807, 2.05) is 0 Å². The topological polar surface area (TPSA) is 105 Å². The van der Waals surface area contributed by atoms with Crippen LogP contribution >= 0.6 is 0 Å². The lowest BCUT2D eigenvalue weighted by atomic mass is 10.0. The van der Waals surface area contributed by atoms with Crippen molar-refractivity contribution >= 4 is 23.9 Å². The molecular formula is C27H48O8. The van der Waals surface area contributed by atoms with E-state index in [0.29, 0.717) is 6.42 Å². The Morgan fingerprint density at radius 2 is 1.00 bits per heavy atom. The van der Waals surface area contributed by atoms with Gasteiger partial charge >= 0.3 is 23.9 Å². The summed E-state index contributed by atoms with van der Waals surface area (Å²) in [7, 11) is 0. The molecule has 0 amide bonds. The van der Waals surface area contributed by atoms with E-state index < -0.39 is 24.0 Å².